The lowest BCUT2D eigenvalue weighted by atomic mass is 10.1. The monoisotopic (exact) mass is 237 g/mol. The predicted octanol–water partition coefficient (Wildman–Crippen LogP) is 0.339. The first kappa shape index (κ1) is 11.5. The molecule has 4 nitrogen and oxygen atoms in total. The molecule has 0 radical (unpaired) electrons. The number of nitrogens with one attached hydrogen (secondary N) is 2. The third-order valence-electron chi connectivity index (χ3n) is 4.26. The van der Waals surface area contributed by atoms with E-state index in [1.165, 1.54) is 32.1 Å². The Morgan fingerprint density at radius 1 is 1.18 bits per heavy atom. The van der Waals surface area contributed by atoms with Crippen LogP contribution in [0.2, 0.25) is 0 Å². The van der Waals surface area contributed by atoms with E-state index in [-0.39, 0.29) is 5.91 Å². The number of fused-ring (bicyclic) bond motifs is 2. The standard InChI is InChI=1S/C13H23N3O/c17-13(14-7-10-1-2-10)9-16-6-5-11-3-4-12(8-16)15-11/h10-12,15H,1-9H2,(H,14,17). The van der Waals surface area contributed by atoms with Crippen LogP contribution in [0.25, 0.3) is 0 Å². The SMILES string of the molecule is O=C(CN1CCC2CCC(C1)N2)NCC1CC1. The van der Waals surface area contributed by atoms with Gasteiger partial charge in [0.15, 0.2) is 0 Å². The third kappa shape index (κ3) is 3.19. The Bertz CT molecular complexity index is 290. The Kier molecular flexibility index (Phi) is 3.34. The fraction of sp³-hybridized carbons (Fsp3) is 0.923. The van der Waals surface area contributed by atoms with Gasteiger partial charge in [0, 0.05) is 31.7 Å². The van der Waals surface area contributed by atoms with E-state index in [1.807, 2.05) is 0 Å². The van der Waals surface area contributed by atoms with Crippen molar-refractivity contribution < 1.29 is 4.79 Å². The highest BCUT2D eigenvalue weighted by molar-refractivity contribution is 5.78. The second kappa shape index (κ2) is 4.94. The zero-order chi connectivity index (χ0) is 11.7. The zero-order valence-electron chi connectivity index (χ0n) is 10.5. The molecular formula is C13H23N3O. The van der Waals surface area contributed by atoms with Crippen LogP contribution < -0.4 is 10.6 Å². The molecule has 2 N–H and O–H groups in total. The molecule has 1 aliphatic carbocycles. The summed E-state index contributed by atoms with van der Waals surface area (Å²) in [5, 5.41) is 6.70. The summed E-state index contributed by atoms with van der Waals surface area (Å²) < 4.78 is 0. The molecule has 0 spiro atoms. The molecule has 2 aliphatic heterocycles. The highest BCUT2D eigenvalue weighted by atomic mass is 16.2. The molecule has 1 amide bonds. The van der Waals surface area contributed by atoms with Gasteiger partial charge in [-0.25, -0.2) is 0 Å². The maximum Gasteiger partial charge on any atom is 0.234 e. The summed E-state index contributed by atoms with van der Waals surface area (Å²) in [5.74, 6) is 0.996. The predicted molar refractivity (Wildman–Crippen MR) is 66.7 cm³/mol. The number of rotatable bonds is 4. The van der Waals surface area contributed by atoms with E-state index >= 15 is 0 Å². The summed E-state index contributed by atoms with van der Waals surface area (Å²) in [6.07, 6.45) is 6.42. The quantitative estimate of drug-likeness (QED) is 0.741. The first-order valence-corrected chi connectivity index (χ1v) is 7.05. The lowest BCUT2D eigenvalue weighted by Crippen LogP contribution is -2.42. The first-order chi connectivity index (χ1) is 8.29. The number of hydrogen-bond acceptors (Lipinski definition) is 3. The number of carbonyl (C=O) groups is 1. The summed E-state index contributed by atoms with van der Waals surface area (Å²) in [6, 6.07) is 1.33. The van der Waals surface area contributed by atoms with E-state index < -0.39 is 0 Å². The van der Waals surface area contributed by atoms with Gasteiger partial charge in [-0.1, -0.05) is 0 Å². The molecule has 4 heteroatoms. The lowest BCUT2D eigenvalue weighted by Gasteiger charge is -2.23. The van der Waals surface area contributed by atoms with Crippen LogP contribution in [0.1, 0.15) is 32.1 Å². The molecule has 3 fully saturated rings. The van der Waals surface area contributed by atoms with E-state index in [2.05, 4.69) is 15.5 Å². The number of hydrogen-bond donors (Lipinski definition) is 2. The highest BCUT2D eigenvalue weighted by Gasteiger charge is 2.30. The number of amides is 1. The van der Waals surface area contributed by atoms with Crippen molar-refractivity contribution in [3.8, 4) is 0 Å². The van der Waals surface area contributed by atoms with Crippen molar-refractivity contribution in [2.75, 3.05) is 26.2 Å². The van der Waals surface area contributed by atoms with Crippen molar-refractivity contribution in [3.63, 3.8) is 0 Å². The summed E-state index contributed by atoms with van der Waals surface area (Å²) in [4.78, 5) is 14.1. The van der Waals surface area contributed by atoms with Crippen LogP contribution in [-0.4, -0.2) is 49.1 Å². The van der Waals surface area contributed by atoms with Crippen molar-refractivity contribution in [3.05, 3.63) is 0 Å². The molecule has 2 heterocycles. The van der Waals surface area contributed by atoms with Gasteiger partial charge in [-0.15, -0.1) is 0 Å². The third-order valence-corrected chi connectivity index (χ3v) is 4.26. The van der Waals surface area contributed by atoms with Crippen LogP contribution in [0.5, 0.6) is 0 Å². The summed E-state index contributed by atoms with van der Waals surface area (Å²) in [7, 11) is 0. The molecule has 0 aromatic carbocycles. The van der Waals surface area contributed by atoms with Gasteiger partial charge in [-0.3, -0.25) is 9.69 Å². The fourth-order valence-electron chi connectivity index (χ4n) is 3.00. The van der Waals surface area contributed by atoms with Gasteiger partial charge in [-0.2, -0.15) is 0 Å². The molecule has 3 rings (SSSR count). The minimum atomic E-state index is 0.217. The molecule has 2 atom stereocenters. The number of likely N-dealkylation sites (tertiary alicyclic amines) is 1. The van der Waals surface area contributed by atoms with Crippen molar-refractivity contribution in [2.24, 2.45) is 5.92 Å². The van der Waals surface area contributed by atoms with Crippen molar-refractivity contribution >= 4 is 5.91 Å². The van der Waals surface area contributed by atoms with E-state index in [0.717, 1.165) is 25.6 Å². The van der Waals surface area contributed by atoms with Gasteiger partial charge in [0.2, 0.25) is 5.91 Å². The number of carbonyl (C=O) groups excluding carboxylic acids is 1. The fourth-order valence-corrected chi connectivity index (χ4v) is 3.00. The maximum absolute atomic E-state index is 11.8. The molecule has 1 saturated carbocycles. The Morgan fingerprint density at radius 3 is 2.82 bits per heavy atom. The van der Waals surface area contributed by atoms with Gasteiger partial charge in [0.25, 0.3) is 0 Å². The molecule has 17 heavy (non-hydrogen) atoms. The molecule has 0 aromatic rings. The molecular weight excluding hydrogens is 214 g/mol. The average Bonchev–Trinajstić information content (AvgIpc) is 3.04. The molecule has 2 unspecified atom stereocenters. The molecule has 96 valence electrons. The Hall–Kier alpha value is -0.610. The van der Waals surface area contributed by atoms with Gasteiger partial charge in [0.1, 0.15) is 0 Å². The Labute approximate surface area is 103 Å². The normalized spacial score (nSPS) is 33.4. The van der Waals surface area contributed by atoms with E-state index in [1.54, 1.807) is 0 Å². The smallest absolute Gasteiger partial charge is 0.234 e. The van der Waals surface area contributed by atoms with E-state index in [0.29, 0.717) is 18.6 Å². The second-order valence-electron chi connectivity index (χ2n) is 5.91. The highest BCUT2D eigenvalue weighted by Crippen LogP contribution is 2.27. The van der Waals surface area contributed by atoms with Gasteiger partial charge in [0.05, 0.1) is 6.54 Å². The van der Waals surface area contributed by atoms with Crippen LogP contribution in [0.15, 0.2) is 0 Å². The maximum atomic E-state index is 11.8. The van der Waals surface area contributed by atoms with Crippen molar-refractivity contribution in [2.45, 2.75) is 44.2 Å². The van der Waals surface area contributed by atoms with Crippen LogP contribution >= 0.6 is 0 Å². The lowest BCUT2D eigenvalue weighted by molar-refractivity contribution is -0.122. The van der Waals surface area contributed by atoms with Crippen molar-refractivity contribution in [1.82, 2.24) is 15.5 Å². The Morgan fingerprint density at radius 2 is 2.00 bits per heavy atom. The van der Waals surface area contributed by atoms with Crippen LogP contribution in [0, 0.1) is 5.92 Å². The number of nitrogens with zero attached hydrogens (tertiary/aromatic N) is 1. The Balaban J connectivity index is 1.42. The molecule has 0 aromatic heterocycles. The topological polar surface area (TPSA) is 44.4 Å². The first-order valence-electron chi connectivity index (χ1n) is 7.05. The summed E-state index contributed by atoms with van der Waals surface area (Å²) in [6.45, 7) is 3.62. The molecule has 2 saturated heterocycles. The average molecular weight is 237 g/mol. The minimum absolute atomic E-state index is 0.217. The van der Waals surface area contributed by atoms with E-state index in [4.69, 9.17) is 0 Å². The van der Waals surface area contributed by atoms with Gasteiger partial charge in [-0.05, 0) is 38.0 Å². The molecule has 3 aliphatic rings. The molecule has 2 bridgehead atoms. The van der Waals surface area contributed by atoms with Gasteiger partial charge >= 0.3 is 0 Å². The van der Waals surface area contributed by atoms with Crippen LogP contribution in [0.3, 0.4) is 0 Å². The van der Waals surface area contributed by atoms with Crippen molar-refractivity contribution in [1.29, 1.82) is 0 Å². The zero-order valence-corrected chi connectivity index (χ0v) is 10.5. The van der Waals surface area contributed by atoms with Gasteiger partial charge < -0.3 is 10.6 Å². The van der Waals surface area contributed by atoms with Crippen LogP contribution in [0.4, 0.5) is 0 Å². The van der Waals surface area contributed by atoms with Crippen LogP contribution in [-0.2, 0) is 4.79 Å². The summed E-state index contributed by atoms with van der Waals surface area (Å²) in [5.41, 5.74) is 0. The largest absolute Gasteiger partial charge is 0.355 e. The van der Waals surface area contributed by atoms with E-state index in [9.17, 15) is 4.79 Å². The minimum Gasteiger partial charge on any atom is -0.355 e. The summed E-state index contributed by atoms with van der Waals surface area (Å²) >= 11 is 0. The second-order valence-corrected chi connectivity index (χ2v) is 5.91.